The summed E-state index contributed by atoms with van der Waals surface area (Å²) < 4.78 is 0. The molecule has 0 fully saturated rings. The van der Waals surface area contributed by atoms with Crippen LogP contribution in [0.5, 0.6) is 0 Å². The Morgan fingerprint density at radius 2 is 1.03 bits per heavy atom. The minimum Gasteiger partial charge on any atom is -0.166 e. The predicted molar refractivity (Wildman–Crippen MR) is 156 cm³/mol. The van der Waals surface area contributed by atoms with Crippen molar-refractivity contribution in [3.8, 4) is 0 Å². The van der Waals surface area contributed by atoms with Crippen molar-refractivity contribution < 1.29 is 0 Å². The van der Waals surface area contributed by atoms with E-state index >= 15 is 0 Å². The first-order chi connectivity index (χ1) is 14.9. The molecular weight excluding hydrogens is 469 g/mol. The normalized spacial score (nSPS) is 9.94. The summed E-state index contributed by atoms with van der Waals surface area (Å²) in [6.07, 6.45) is 4.45. The highest BCUT2D eigenvalue weighted by Gasteiger charge is 2.31. The molecule has 0 radical (unpaired) electrons. The molecule has 0 saturated heterocycles. The molecule has 0 aromatic carbocycles. The Balaban J connectivity index is 5.26. The highest BCUT2D eigenvalue weighted by atomic mass is 32.2. The van der Waals surface area contributed by atoms with Gasteiger partial charge >= 0.3 is 0 Å². The molecule has 0 N–H and O–H groups in total. The molecule has 31 heavy (non-hydrogen) atoms. The quantitative estimate of drug-likeness (QED) is 0.117. The molecule has 0 aliphatic carbocycles. The minimum absolute atomic E-state index is 1.03. The van der Waals surface area contributed by atoms with Crippen LogP contribution in [-0.4, -0.2) is 43.6 Å². The van der Waals surface area contributed by atoms with Gasteiger partial charge in [-0.15, -0.1) is 23.5 Å². The van der Waals surface area contributed by atoms with E-state index in [0.717, 1.165) is 32.5 Å². The molecule has 0 nitrogen and oxygen atoms in total. The molecule has 0 bridgehead atoms. The Hall–Kier alpha value is -0.743. The van der Waals surface area contributed by atoms with Gasteiger partial charge in [-0.2, -0.15) is 23.5 Å². The maximum atomic E-state index is 4.22. The van der Waals surface area contributed by atoms with Crippen molar-refractivity contribution in [1.82, 2.24) is 0 Å². The van der Waals surface area contributed by atoms with Crippen LogP contribution in [0.25, 0.3) is 0 Å². The molecule has 0 saturated carbocycles. The van der Waals surface area contributed by atoms with Gasteiger partial charge in [-0.05, 0) is 98.2 Å². The maximum absolute atomic E-state index is 4.22. The lowest BCUT2D eigenvalue weighted by molar-refractivity contribution is 1.14. The zero-order chi connectivity index (χ0) is 23.5. The van der Waals surface area contributed by atoms with E-state index in [4.69, 9.17) is 0 Å². The minimum atomic E-state index is -1.39. The van der Waals surface area contributed by atoms with E-state index in [2.05, 4.69) is 73.2 Å². The second-order valence-corrected chi connectivity index (χ2v) is 16.5. The van der Waals surface area contributed by atoms with E-state index in [1.807, 2.05) is 60.9 Å². The average Bonchev–Trinajstić information content (AvgIpc) is 2.77. The maximum Gasteiger partial charge on any atom is 0.0568 e. The van der Waals surface area contributed by atoms with Gasteiger partial charge in [0.15, 0.2) is 0 Å². The summed E-state index contributed by atoms with van der Waals surface area (Å²) in [7, 11) is -1.39. The lowest BCUT2D eigenvalue weighted by atomic mass is 10.3. The second-order valence-electron chi connectivity index (χ2n) is 7.13. The molecule has 0 heterocycles. The molecule has 0 spiro atoms. The number of allylic oxidation sites excluding steroid dienone is 2. The van der Waals surface area contributed by atoms with Crippen molar-refractivity contribution in [2.45, 2.75) is 38.0 Å². The molecule has 5 heteroatoms. The largest absolute Gasteiger partial charge is 0.166 e. The van der Waals surface area contributed by atoms with Crippen molar-refractivity contribution in [2.24, 2.45) is 0 Å². The van der Waals surface area contributed by atoms with Crippen molar-refractivity contribution in [2.75, 3.05) is 35.5 Å². The van der Waals surface area contributed by atoms with Gasteiger partial charge in [0.25, 0.3) is 0 Å². The molecule has 0 atom stereocenters. The van der Waals surface area contributed by atoms with Gasteiger partial charge in [0.05, 0.1) is 8.07 Å². The van der Waals surface area contributed by atoms with E-state index in [0.29, 0.717) is 0 Å². The molecule has 0 rings (SSSR count). The Labute approximate surface area is 209 Å². The molecule has 0 amide bonds. The van der Waals surface area contributed by atoms with Crippen LogP contribution in [0.4, 0.5) is 0 Å². The van der Waals surface area contributed by atoms with Crippen LogP contribution in [0.15, 0.2) is 81.7 Å². The summed E-state index contributed by atoms with van der Waals surface area (Å²) in [4.78, 5) is 2.15. The molecule has 0 aliphatic heterocycles. The number of thioether (sulfide) groups is 4. The topological polar surface area (TPSA) is 0 Å². The van der Waals surface area contributed by atoms with Gasteiger partial charge < -0.3 is 0 Å². The van der Waals surface area contributed by atoms with Crippen LogP contribution in [0, 0.1) is 0 Å². The fourth-order valence-electron chi connectivity index (χ4n) is 2.80. The highest BCUT2D eigenvalue weighted by Crippen LogP contribution is 2.35. The fraction of sp³-hybridized carbons (Fsp3) is 0.462. The summed E-state index contributed by atoms with van der Waals surface area (Å²) >= 11 is 7.68. The summed E-state index contributed by atoms with van der Waals surface area (Å²) in [5, 5.41) is 0. The Bertz CT molecular complexity index is 774. The molecular formula is C26H36S4Si. The molecule has 0 aromatic rings. The highest BCUT2D eigenvalue weighted by molar-refractivity contribution is 8.03. The second kappa shape index (κ2) is 18.8. The predicted octanol–water partition coefficient (Wildman–Crippen LogP) is 8.74. The van der Waals surface area contributed by atoms with E-state index in [1.165, 1.54) is 35.7 Å². The first-order valence-electron chi connectivity index (χ1n) is 10.2. The summed E-state index contributed by atoms with van der Waals surface area (Å²) in [6.45, 7) is 19.6. The van der Waals surface area contributed by atoms with Gasteiger partial charge in [-0.25, -0.2) is 0 Å². The first-order valence-corrected chi connectivity index (χ1v) is 17.8. The van der Waals surface area contributed by atoms with Crippen LogP contribution in [0.2, 0.25) is 24.2 Å². The summed E-state index contributed by atoms with van der Waals surface area (Å²) in [5.41, 5.74) is 19.0. The number of hydrogen-bond acceptors (Lipinski definition) is 4. The van der Waals surface area contributed by atoms with Gasteiger partial charge in [-0.1, -0.05) is 36.1 Å². The lowest BCUT2D eigenvalue weighted by Gasteiger charge is -2.32. The summed E-state index contributed by atoms with van der Waals surface area (Å²) in [5.74, 6) is 4.77. The molecule has 0 unspecified atom stereocenters. The summed E-state index contributed by atoms with van der Waals surface area (Å²) in [6, 6.07) is 5.42. The first kappa shape index (κ1) is 30.3. The zero-order valence-electron chi connectivity index (χ0n) is 19.6. The third kappa shape index (κ3) is 14.1. The number of rotatable bonds is 16. The standard InChI is InChI=1S/C26H36S4Si/c1-9-11-13-23(3)25(5)29-17-21-31(19-15-27-7,20-16-28-8)22-18-30-26(6)24(4)14-12-10-2/h1-2,5-6,15-22H2,3-4,7-8H3. The molecule has 0 aromatic heterocycles. The fourth-order valence-corrected chi connectivity index (χ4v) is 14.7. The van der Waals surface area contributed by atoms with E-state index in [-0.39, 0.29) is 0 Å². The van der Waals surface area contributed by atoms with Crippen LogP contribution in [0.3, 0.4) is 0 Å². The van der Waals surface area contributed by atoms with Crippen LogP contribution in [0.1, 0.15) is 13.8 Å². The molecule has 0 aliphatic rings. The Morgan fingerprint density at radius 1 is 0.677 bits per heavy atom. The zero-order valence-corrected chi connectivity index (χ0v) is 23.9. The van der Waals surface area contributed by atoms with Crippen LogP contribution < -0.4 is 0 Å². The van der Waals surface area contributed by atoms with E-state index in [9.17, 15) is 0 Å². The van der Waals surface area contributed by atoms with Crippen LogP contribution in [-0.2, 0) is 0 Å². The Kier molecular flexibility index (Phi) is 18.3. The molecule has 168 valence electrons. The number of hydrogen-bond donors (Lipinski definition) is 0. The smallest absolute Gasteiger partial charge is 0.0568 e. The third-order valence-corrected chi connectivity index (χ3v) is 15.0. The van der Waals surface area contributed by atoms with Crippen molar-refractivity contribution >= 4 is 55.1 Å². The SMILES string of the molecule is C=C=C=C=C(C)C(=C)SCC[Si](CCSC)(CCSC)CCSC(=C)C(C)=C=C=C=C. The third-order valence-electron chi connectivity index (χ3n) is 5.00. The van der Waals surface area contributed by atoms with E-state index in [1.54, 1.807) is 0 Å². The van der Waals surface area contributed by atoms with Crippen molar-refractivity contribution in [3.05, 3.63) is 81.7 Å². The van der Waals surface area contributed by atoms with Gasteiger partial charge in [0, 0.05) is 21.0 Å². The van der Waals surface area contributed by atoms with Gasteiger partial charge in [-0.3, -0.25) is 0 Å². The van der Waals surface area contributed by atoms with Gasteiger partial charge in [0.1, 0.15) is 0 Å². The Morgan fingerprint density at radius 3 is 1.35 bits per heavy atom. The van der Waals surface area contributed by atoms with Gasteiger partial charge in [0.2, 0.25) is 0 Å². The van der Waals surface area contributed by atoms with Crippen molar-refractivity contribution in [3.63, 3.8) is 0 Å². The van der Waals surface area contributed by atoms with E-state index < -0.39 is 8.07 Å². The van der Waals surface area contributed by atoms with Crippen molar-refractivity contribution in [1.29, 1.82) is 0 Å². The van der Waals surface area contributed by atoms with Crippen LogP contribution >= 0.6 is 47.0 Å². The average molecular weight is 505 g/mol. The lowest BCUT2D eigenvalue weighted by Crippen LogP contribution is -2.37. The monoisotopic (exact) mass is 504 g/mol.